The van der Waals surface area contributed by atoms with Gasteiger partial charge in [0.15, 0.2) is 29.9 Å². The summed E-state index contributed by atoms with van der Waals surface area (Å²) in [5, 5.41) is 10.6. The maximum atomic E-state index is 12.9. The zero-order chi connectivity index (χ0) is 20.8. The molecule has 0 bridgehead atoms. The molecular weight excluding hydrogens is 384 g/mol. The highest BCUT2D eigenvalue weighted by atomic mass is 16.7. The number of hydrogen-bond donors (Lipinski definition) is 1. The molecule has 2 heterocycles. The molecular formula is C24H28O6. The Balaban J connectivity index is 1.42. The van der Waals surface area contributed by atoms with E-state index in [-0.39, 0.29) is 41.8 Å². The van der Waals surface area contributed by atoms with Gasteiger partial charge in [-0.15, -0.1) is 0 Å². The van der Waals surface area contributed by atoms with E-state index in [1.807, 2.05) is 24.3 Å². The number of phenols is 1. The quantitative estimate of drug-likeness (QED) is 0.669. The van der Waals surface area contributed by atoms with Crippen molar-refractivity contribution in [3.05, 3.63) is 53.6 Å². The van der Waals surface area contributed by atoms with Gasteiger partial charge in [-0.05, 0) is 55.5 Å². The van der Waals surface area contributed by atoms with E-state index in [1.165, 1.54) is 0 Å². The summed E-state index contributed by atoms with van der Waals surface area (Å²) < 4.78 is 22.8. The number of Topliss-reactive ketones (excluding diaryl/α,β-unsaturated/α-hetero) is 1. The Kier molecular flexibility index (Phi) is 6.87. The van der Waals surface area contributed by atoms with Crippen molar-refractivity contribution in [2.75, 3.05) is 13.2 Å². The maximum Gasteiger partial charge on any atom is 0.200 e. The largest absolute Gasteiger partial charge is 0.504 e. The van der Waals surface area contributed by atoms with E-state index in [4.69, 9.17) is 18.9 Å². The van der Waals surface area contributed by atoms with Gasteiger partial charge in [0.25, 0.3) is 0 Å². The second-order valence-corrected chi connectivity index (χ2v) is 7.73. The van der Waals surface area contributed by atoms with Crippen molar-refractivity contribution in [3.63, 3.8) is 0 Å². The fourth-order valence-electron chi connectivity index (χ4n) is 3.75. The molecule has 0 aromatic heterocycles. The first-order valence-corrected chi connectivity index (χ1v) is 10.7. The Bertz CT molecular complexity index is 853. The predicted octanol–water partition coefficient (Wildman–Crippen LogP) is 4.63. The van der Waals surface area contributed by atoms with Crippen molar-refractivity contribution in [1.82, 2.24) is 0 Å². The van der Waals surface area contributed by atoms with Gasteiger partial charge in [0.1, 0.15) is 5.75 Å². The first-order valence-electron chi connectivity index (χ1n) is 10.7. The van der Waals surface area contributed by atoms with E-state index in [9.17, 15) is 9.90 Å². The molecule has 2 aliphatic rings. The first-order chi connectivity index (χ1) is 14.7. The Morgan fingerprint density at radius 2 is 1.63 bits per heavy atom. The number of ketones is 1. The fourth-order valence-corrected chi connectivity index (χ4v) is 3.75. The van der Waals surface area contributed by atoms with E-state index in [0.29, 0.717) is 19.0 Å². The molecule has 0 spiro atoms. The number of aromatic hydroxyl groups is 1. The van der Waals surface area contributed by atoms with E-state index in [1.54, 1.807) is 18.2 Å². The number of rotatable bonds is 7. The van der Waals surface area contributed by atoms with Gasteiger partial charge in [-0.2, -0.15) is 0 Å². The second kappa shape index (κ2) is 9.96. The van der Waals surface area contributed by atoms with Crippen LogP contribution in [0.3, 0.4) is 0 Å². The summed E-state index contributed by atoms with van der Waals surface area (Å²) in [7, 11) is 0. The van der Waals surface area contributed by atoms with Gasteiger partial charge in [-0.3, -0.25) is 4.79 Å². The average Bonchev–Trinajstić information content (AvgIpc) is 2.77. The lowest BCUT2D eigenvalue weighted by Gasteiger charge is -2.24. The summed E-state index contributed by atoms with van der Waals surface area (Å²) >= 11 is 0. The van der Waals surface area contributed by atoms with Crippen molar-refractivity contribution in [2.45, 2.75) is 57.5 Å². The van der Waals surface area contributed by atoms with Crippen molar-refractivity contribution >= 4 is 5.78 Å². The second-order valence-electron chi connectivity index (χ2n) is 7.73. The van der Waals surface area contributed by atoms with Crippen molar-refractivity contribution in [3.8, 4) is 17.2 Å². The summed E-state index contributed by atoms with van der Waals surface area (Å²) in [5.41, 5.74) is 1.06. The fraction of sp³-hybridized carbons (Fsp3) is 0.458. The zero-order valence-corrected chi connectivity index (χ0v) is 17.0. The van der Waals surface area contributed by atoms with Crippen LogP contribution in [0.1, 0.15) is 54.4 Å². The topological polar surface area (TPSA) is 74.2 Å². The molecule has 2 aliphatic heterocycles. The van der Waals surface area contributed by atoms with E-state index >= 15 is 0 Å². The highest BCUT2D eigenvalue weighted by molar-refractivity contribution is 6.00. The molecule has 0 saturated carbocycles. The molecule has 0 radical (unpaired) electrons. The third-order valence-electron chi connectivity index (χ3n) is 5.36. The number of para-hydroxylation sites is 1. The van der Waals surface area contributed by atoms with E-state index in [2.05, 4.69) is 0 Å². The van der Waals surface area contributed by atoms with Crippen LogP contribution in [0, 0.1) is 0 Å². The number of carbonyl (C=O) groups is 1. The molecule has 6 heteroatoms. The molecule has 4 rings (SSSR count). The highest BCUT2D eigenvalue weighted by Gasteiger charge is 2.21. The van der Waals surface area contributed by atoms with Crippen LogP contribution in [0.5, 0.6) is 17.2 Å². The Labute approximate surface area is 176 Å². The molecule has 6 nitrogen and oxygen atoms in total. The Morgan fingerprint density at radius 3 is 2.33 bits per heavy atom. The zero-order valence-electron chi connectivity index (χ0n) is 17.0. The molecule has 2 atom stereocenters. The molecule has 2 unspecified atom stereocenters. The molecule has 0 aliphatic carbocycles. The van der Waals surface area contributed by atoms with Crippen molar-refractivity contribution in [1.29, 1.82) is 0 Å². The predicted molar refractivity (Wildman–Crippen MR) is 111 cm³/mol. The van der Waals surface area contributed by atoms with Crippen LogP contribution in [-0.4, -0.2) is 36.7 Å². The van der Waals surface area contributed by atoms with Crippen LogP contribution >= 0.6 is 0 Å². The molecule has 2 aromatic carbocycles. The van der Waals surface area contributed by atoms with Crippen LogP contribution < -0.4 is 9.47 Å². The minimum Gasteiger partial charge on any atom is -0.504 e. The lowest BCUT2D eigenvalue weighted by Crippen LogP contribution is -2.25. The first kappa shape index (κ1) is 20.7. The third kappa shape index (κ3) is 5.32. The van der Waals surface area contributed by atoms with Crippen LogP contribution in [0.25, 0.3) is 0 Å². The van der Waals surface area contributed by atoms with Gasteiger partial charge in [-0.25, -0.2) is 0 Å². The van der Waals surface area contributed by atoms with Crippen LogP contribution in [-0.2, 0) is 15.9 Å². The van der Waals surface area contributed by atoms with Gasteiger partial charge in [0.05, 0.1) is 18.8 Å². The summed E-state index contributed by atoms with van der Waals surface area (Å²) in [6.07, 6.45) is 5.37. The number of carbonyl (C=O) groups excluding carboxylic acids is 1. The molecule has 2 saturated heterocycles. The average molecular weight is 412 g/mol. The minimum absolute atomic E-state index is 0.139. The summed E-state index contributed by atoms with van der Waals surface area (Å²) in [6, 6.07) is 12.4. The highest BCUT2D eigenvalue weighted by Crippen LogP contribution is 2.33. The van der Waals surface area contributed by atoms with Gasteiger partial charge in [0, 0.05) is 19.3 Å². The maximum absolute atomic E-state index is 12.9. The van der Waals surface area contributed by atoms with E-state index < -0.39 is 0 Å². The van der Waals surface area contributed by atoms with Crippen LogP contribution in [0.2, 0.25) is 0 Å². The van der Waals surface area contributed by atoms with Gasteiger partial charge < -0.3 is 24.1 Å². The molecule has 30 heavy (non-hydrogen) atoms. The monoisotopic (exact) mass is 412 g/mol. The van der Waals surface area contributed by atoms with E-state index in [0.717, 1.165) is 44.1 Å². The van der Waals surface area contributed by atoms with Gasteiger partial charge in [-0.1, -0.05) is 18.2 Å². The van der Waals surface area contributed by atoms with Crippen LogP contribution in [0.15, 0.2) is 42.5 Å². The Morgan fingerprint density at radius 1 is 0.933 bits per heavy atom. The van der Waals surface area contributed by atoms with Crippen LogP contribution in [0.4, 0.5) is 0 Å². The number of hydrogen-bond acceptors (Lipinski definition) is 6. The molecule has 2 aromatic rings. The minimum atomic E-state index is -0.383. The summed E-state index contributed by atoms with van der Waals surface area (Å²) in [5.74, 6) is 0.635. The molecule has 0 amide bonds. The SMILES string of the molecule is O=C(Cc1cccc(OC2CCCCO2)c1)c1cccc(OC2CCCCO2)c1O. The number of ether oxygens (including phenoxy) is 4. The number of phenolic OH excluding ortho intramolecular Hbond substituents is 1. The standard InChI is InChI=1S/C24H28O6/c25-20(16-17-7-5-8-18(15-17)29-22-11-1-3-13-27-22)19-9-6-10-21(24(19)26)30-23-12-2-4-14-28-23/h5-10,15,22-23,26H,1-4,11-14,16H2. The third-order valence-corrected chi connectivity index (χ3v) is 5.36. The van der Waals surface area contributed by atoms with Crippen molar-refractivity contribution < 1.29 is 28.8 Å². The summed E-state index contributed by atoms with van der Waals surface area (Å²) in [4.78, 5) is 12.9. The molecule has 160 valence electrons. The lowest BCUT2D eigenvalue weighted by molar-refractivity contribution is -0.106. The Hall–Kier alpha value is -2.57. The van der Waals surface area contributed by atoms with Gasteiger partial charge >= 0.3 is 0 Å². The number of benzene rings is 2. The van der Waals surface area contributed by atoms with Crippen molar-refractivity contribution in [2.24, 2.45) is 0 Å². The molecule has 2 fully saturated rings. The van der Waals surface area contributed by atoms with Gasteiger partial charge in [0.2, 0.25) is 0 Å². The normalized spacial score (nSPS) is 21.7. The smallest absolute Gasteiger partial charge is 0.200 e. The molecule has 1 N–H and O–H groups in total. The lowest BCUT2D eigenvalue weighted by atomic mass is 10.0. The summed E-state index contributed by atoms with van der Waals surface area (Å²) in [6.45, 7) is 1.36.